The Morgan fingerprint density at radius 3 is 2.73 bits per heavy atom. The van der Waals surface area contributed by atoms with E-state index in [0.717, 1.165) is 23.8 Å². The zero-order chi connectivity index (χ0) is 21.7. The van der Waals surface area contributed by atoms with Gasteiger partial charge in [0.2, 0.25) is 0 Å². The van der Waals surface area contributed by atoms with E-state index in [1.807, 2.05) is 12.1 Å². The molecule has 1 aliphatic rings. The molecule has 2 aromatic heterocycles. The second kappa shape index (κ2) is 7.03. The third-order valence-corrected chi connectivity index (χ3v) is 8.07. The SMILES string of the molecule is Cn1cc(-c2cc(S(=N)(=O)C(C)(C)C#N)ccc2OCC2CC2)c2cc[nH]c2c1=O. The minimum absolute atomic E-state index is 0.148. The molecule has 4 rings (SSSR count). The number of aromatic nitrogens is 2. The number of fused-ring (bicyclic) bond motifs is 1. The summed E-state index contributed by atoms with van der Waals surface area (Å²) in [6, 6.07) is 8.82. The largest absolute Gasteiger partial charge is 0.493 e. The molecule has 0 spiro atoms. The van der Waals surface area contributed by atoms with E-state index in [0.29, 0.717) is 29.4 Å². The van der Waals surface area contributed by atoms with Crippen LogP contribution in [0.4, 0.5) is 0 Å². The van der Waals surface area contributed by atoms with Gasteiger partial charge in [0.1, 0.15) is 16.0 Å². The number of H-pyrrole nitrogens is 1. The molecule has 0 saturated heterocycles. The van der Waals surface area contributed by atoms with E-state index in [4.69, 9.17) is 9.52 Å². The lowest BCUT2D eigenvalue weighted by Gasteiger charge is -2.21. The first-order valence-corrected chi connectivity index (χ1v) is 11.3. The summed E-state index contributed by atoms with van der Waals surface area (Å²) in [5.41, 5.74) is 1.72. The molecule has 3 aromatic rings. The van der Waals surface area contributed by atoms with Crippen LogP contribution in [0.25, 0.3) is 22.0 Å². The molecule has 2 N–H and O–H groups in total. The molecule has 8 heteroatoms. The molecule has 1 aromatic carbocycles. The number of hydrogen-bond donors (Lipinski definition) is 2. The van der Waals surface area contributed by atoms with Crippen LogP contribution in [-0.2, 0) is 16.8 Å². The van der Waals surface area contributed by atoms with Crippen LogP contribution < -0.4 is 10.3 Å². The van der Waals surface area contributed by atoms with Gasteiger partial charge in [-0.1, -0.05) is 0 Å². The summed E-state index contributed by atoms with van der Waals surface area (Å²) in [7, 11) is -1.73. The van der Waals surface area contributed by atoms with Crippen molar-refractivity contribution in [3.63, 3.8) is 0 Å². The number of aromatic amines is 1. The summed E-state index contributed by atoms with van der Waals surface area (Å²) in [5, 5.41) is 10.2. The normalized spacial score (nSPS) is 16.2. The lowest BCUT2D eigenvalue weighted by molar-refractivity contribution is 0.301. The molecule has 0 amide bonds. The summed E-state index contributed by atoms with van der Waals surface area (Å²) < 4.78 is 28.0. The topological polar surface area (TPSA) is 112 Å². The van der Waals surface area contributed by atoms with E-state index in [9.17, 15) is 14.3 Å². The van der Waals surface area contributed by atoms with Gasteiger partial charge in [0.25, 0.3) is 5.56 Å². The maximum absolute atomic E-state index is 13.3. The Kier molecular flexibility index (Phi) is 4.74. The van der Waals surface area contributed by atoms with Crippen LogP contribution in [0, 0.1) is 22.0 Å². The lowest BCUT2D eigenvalue weighted by atomic mass is 10.0. The number of aryl methyl sites for hydroxylation is 1. The highest BCUT2D eigenvalue weighted by Crippen LogP contribution is 2.39. The predicted molar refractivity (Wildman–Crippen MR) is 116 cm³/mol. The number of nitrogens with one attached hydrogen (secondary N) is 2. The number of hydrogen-bond acceptors (Lipinski definition) is 5. The molecule has 1 atom stereocenters. The molecule has 156 valence electrons. The van der Waals surface area contributed by atoms with Crippen LogP contribution in [0.2, 0.25) is 0 Å². The van der Waals surface area contributed by atoms with Crippen LogP contribution in [0.15, 0.2) is 46.3 Å². The van der Waals surface area contributed by atoms with Crippen molar-refractivity contribution < 1.29 is 8.95 Å². The Morgan fingerprint density at radius 2 is 2.07 bits per heavy atom. The minimum atomic E-state index is -3.41. The van der Waals surface area contributed by atoms with Crippen molar-refractivity contribution in [1.29, 1.82) is 10.0 Å². The molecule has 0 bridgehead atoms. The average Bonchev–Trinajstić information content (AvgIpc) is 3.42. The predicted octanol–water partition coefficient (Wildman–Crippen LogP) is 4.03. The van der Waals surface area contributed by atoms with E-state index in [1.54, 1.807) is 37.6 Å². The Labute approximate surface area is 175 Å². The van der Waals surface area contributed by atoms with Gasteiger partial charge in [-0.05, 0) is 56.9 Å². The highest BCUT2D eigenvalue weighted by Gasteiger charge is 2.33. The molecule has 2 heterocycles. The van der Waals surface area contributed by atoms with Crippen molar-refractivity contribution in [2.75, 3.05) is 6.61 Å². The molecule has 7 nitrogen and oxygen atoms in total. The summed E-state index contributed by atoms with van der Waals surface area (Å²) >= 11 is 0. The zero-order valence-corrected chi connectivity index (χ0v) is 18.0. The van der Waals surface area contributed by atoms with Crippen LogP contribution >= 0.6 is 0 Å². The fraction of sp³-hybridized carbons (Fsp3) is 0.364. The molecular formula is C22H24N4O3S. The molecule has 1 saturated carbocycles. The van der Waals surface area contributed by atoms with Crippen molar-refractivity contribution >= 4 is 20.6 Å². The van der Waals surface area contributed by atoms with Crippen LogP contribution in [0.3, 0.4) is 0 Å². The molecule has 0 aliphatic heterocycles. The quantitative estimate of drug-likeness (QED) is 0.622. The second-order valence-corrected chi connectivity index (χ2v) is 10.9. The fourth-order valence-corrected chi connectivity index (χ4v) is 4.62. The number of pyridine rings is 1. The fourth-order valence-electron chi connectivity index (χ4n) is 3.36. The number of nitriles is 1. The highest BCUT2D eigenvalue weighted by atomic mass is 32.2. The maximum Gasteiger partial charge on any atom is 0.274 e. The Balaban J connectivity index is 1.95. The monoisotopic (exact) mass is 424 g/mol. The van der Waals surface area contributed by atoms with E-state index >= 15 is 0 Å². The van der Waals surface area contributed by atoms with Gasteiger partial charge < -0.3 is 14.3 Å². The van der Waals surface area contributed by atoms with Crippen molar-refractivity contribution in [2.24, 2.45) is 13.0 Å². The van der Waals surface area contributed by atoms with Gasteiger partial charge in [-0.3, -0.25) is 4.79 Å². The maximum atomic E-state index is 13.3. The van der Waals surface area contributed by atoms with Crippen molar-refractivity contribution in [1.82, 2.24) is 9.55 Å². The van der Waals surface area contributed by atoms with Gasteiger partial charge in [0.05, 0.1) is 22.4 Å². The second-order valence-electron chi connectivity index (χ2n) is 8.32. The standard InChI is InChI=1S/C22H24N4O3S/c1-22(2,13-23)30(24,28)15-6-7-19(29-12-14-4-5-14)17(10-15)18-11-26(3)21(27)20-16(18)8-9-25-20/h6-11,14,24-25H,4-5,12H2,1-3H3. The molecule has 1 unspecified atom stereocenters. The number of benzene rings is 1. The summed E-state index contributed by atoms with van der Waals surface area (Å²) in [4.78, 5) is 15.7. The van der Waals surface area contributed by atoms with Gasteiger partial charge in [-0.2, -0.15) is 5.26 Å². The smallest absolute Gasteiger partial charge is 0.274 e. The van der Waals surface area contributed by atoms with Crippen LogP contribution in [0.5, 0.6) is 5.75 Å². The summed E-state index contributed by atoms with van der Waals surface area (Å²) in [6.45, 7) is 3.61. The Hall–Kier alpha value is -3.05. The average molecular weight is 425 g/mol. The van der Waals surface area contributed by atoms with Gasteiger partial charge >= 0.3 is 0 Å². The van der Waals surface area contributed by atoms with Crippen molar-refractivity contribution in [3.8, 4) is 22.9 Å². The van der Waals surface area contributed by atoms with E-state index in [1.165, 1.54) is 18.4 Å². The van der Waals surface area contributed by atoms with E-state index in [2.05, 4.69) is 4.98 Å². The van der Waals surface area contributed by atoms with Gasteiger partial charge in [-0.25, -0.2) is 8.99 Å². The molecule has 1 aliphatic carbocycles. The van der Waals surface area contributed by atoms with Crippen molar-refractivity contribution in [3.05, 3.63) is 47.0 Å². The number of nitrogens with zero attached hydrogens (tertiary/aromatic N) is 2. The first kappa shape index (κ1) is 20.2. The molecule has 0 radical (unpaired) electrons. The van der Waals surface area contributed by atoms with Crippen LogP contribution in [0.1, 0.15) is 26.7 Å². The third kappa shape index (κ3) is 3.29. The van der Waals surface area contributed by atoms with Gasteiger partial charge in [-0.15, -0.1) is 0 Å². The van der Waals surface area contributed by atoms with E-state index < -0.39 is 14.5 Å². The van der Waals surface area contributed by atoms with Crippen molar-refractivity contribution in [2.45, 2.75) is 36.3 Å². The number of rotatable bonds is 6. The molecule has 30 heavy (non-hydrogen) atoms. The highest BCUT2D eigenvalue weighted by molar-refractivity contribution is 7.94. The zero-order valence-electron chi connectivity index (χ0n) is 17.2. The minimum Gasteiger partial charge on any atom is -0.493 e. The lowest BCUT2D eigenvalue weighted by Crippen LogP contribution is -2.28. The van der Waals surface area contributed by atoms with Gasteiger partial charge in [0.15, 0.2) is 0 Å². The molecular weight excluding hydrogens is 400 g/mol. The first-order valence-electron chi connectivity index (χ1n) is 9.79. The summed E-state index contributed by atoms with van der Waals surface area (Å²) in [5.74, 6) is 1.15. The Bertz CT molecular complexity index is 1340. The number of ether oxygens (including phenoxy) is 1. The Morgan fingerprint density at radius 1 is 1.33 bits per heavy atom. The summed E-state index contributed by atoms with van der Waals surface area (Å²) in [6.07, 6.45) is 5.72. The first-order chi connectivity index (χ1) is 14.2. The van der Waals surface area contributed by atoms with E-state index in [-0.39, 0.29) is 10.5 Å². The van der Waals surface area contributed by atoms with Crippen LogP contribution in [-0.4, -0.2) is 25.1 Å². The molecule has 1 fully saturated rings. The third-order valence-electron chi connectivity index (χ3n) is 5.63. The van der Waals surface area contributed by atoms with Gasteiger partial charge in [0, 0.05) is 40.8 Å².